The normalized spacial score (nSPS) is 12.5. The van der Waals surface area contributed by atoms with Crippen LogP contribution in [0.2, 0.25) is 0 Å². The van der Waals surface area contributed by atoms with E-state index >= 15 is 0 Å². The first-order valence-corrected chi connectivity index (χ1v) is 7.54. The van der Waals surface area contributed by atoms with Crippen molar-refractivity contribution in [1.29, 1.82) is 0 Å². The molecule has 0 saturated carbocycles. The van der Waals surface area contributed by atoms with E-state index in [9.17, 15) is 8.42 Å². The smallest absolute Gasteiger partial charge is 0.260 e. The summed E-state index contributed by atoms with van der Waals surface area (Å²) in [4.78, 5) is 8.43. The first-order chi connectivity index (χ1) is 8.98. The minimum Gasteiger partial charge on any atom is -0.383 e. The van der Waals surface area contributed by atoms with Gasteiger partial charge in [-0.05, 0) is 27.1 Å². The number of methoxy groups -OCH3 is 1. The molecule has 0 fully saturated rings. The molecule has 0 aliphatic carbocycles. The molecule has 1 heterocycles. The van der Waals surface area contributed by atoms with Gasteiger partial charge >= 0.3 is 0 Å². The van der Waals surface area contributed by atoms with Gasteiger partial charge in [0, 0.05) is 20.2 Å². The van der Waals surface area contributed by atoms with Gasteiger partial charge in [0.15, 0.2) is 5.03 Å². The number of imidazole rings is 1. The summed E-state index contributed by atoms with van der Waals surface area (Å²) in [5.41, 5.74) is 0. The van der Waals surface area contributed by atoms with Crippen molar-refractivity contribution in [2.45, 2.75) is 11.4 Å². The highest BCUT2D eigenvalue weighted by Crippen LogP contribution is 2.12. The molecule has 0 bridgehead atoms. The Hall–Kier alpha value is -0.960. The van der Waals surface area contributed by atoms with Crippen LogP contribution in [0.4, 0.5) is 0 Å². The van der Waals surface area contributed by atoms with Crippen molar-refractivity contribution in [1.82, 2.24) is 19.2 Å². The van der Waals surface area contributed by atoms with Crippen molar-refractivity contribution < 1.29 is 13.2 Å². The van der Waals surface area contributed by atoms with Crippen LogP contribution in [0.1, 0.15) is 6.42 Å². The zero-order valence-electron chi connectivity index (χ0n) is 11.7. The Morgan fingerprint density at radius 3 is 2.58 bits per heavy atom. The Bertz CT molecular complexity index is 445. The van der Waals surface area contributed by atoms with Gasteiger partial charge in [-0.2, -0.15) is 4.31 Å². The number of hydrogen-bond acceptors (Lipinski definition) is 5. The maximum atomic E-state index is 12.4. The molecule has 1 aromatic heterocycles. The molecule has 0 radical (unpaired) electrons. The molecule has 7 nitrogen and oxygen atoms in total. The van der Waals surface area contributed by atoms with E-state index in [-0.39, 0.29) is 5.03 Å². The lowest BCUT2D eigenvalue weighted by atomic mass is 10.4. The highest BCUT2D eigenvalue weighted by molar-refractivity contribution is 7.89. The van der Waals surface area contributed by atoms with Gasteiger partial charge in [0.25, 0.3) is 10.0 Å². The lowest BCUT2D eigenvalue weighted by Gasteiger charge is -2.21. The summed E-state index contributed by atoms with van der Waals surface area (Å²) in [6, 6.07) is 0. The van der Waals surface area contributed by atoms with Crippen LogP contribution in [0.25, 0.3) is 0 Å². The van der Waals surface area contributed by atoms with Crippen LogP contribution in [0, 0.1) is 0 Å². The predicted octanol–water partition coefficient (Wildman–Crippen LogP) is -0.00150. The first kappa shape index (κ1) is 16.1. The molecule has 8 heteroatoms. The second-order valence-corrected chi connectivity index (χ2v) is 6.38. The maximum Gasteiger partial charge on any atom is 0.260 e. The minimum absolute atomic E-state index is 0.119. The number of aromatic nitrogens is 2. The van der Waals surface area contributed by atoms with Crippen molar-refractivity contribution >= 4 is 10.0 Å². The molecular formula is C11H22N4O3S. The Morgan fingerprint density at radius 1 is 1.32 bits per heavy atom. The van der Waals surface area contributed by atoms with Crippen LogP contribution in [-0.4, -0.2) is 75.0 Å². The van der Waals surface area contributed by atoms with Crippen molar-refractivity contribution in [2.24, 2.45) is 0 Å². The fourth-order valence-electron chi connectivity index (χ4n) is 1.63. The standard InChI is InChI=1S/C11H22N4O3S/c1-14(2)5-4-6-15(7-8-18-3)19(16,17)11-9-12-10-13-11/h9-10H,4-8H2,1-3H3,(H,12,13). The Kier molecular flexibility index (Phi) is 6.43. The van der Waals surface area contributed by atoms with Crippen LogP contribution >= 0.6 is 0 Å². The van der Waals surface area contributed by atoms with Crippen LogP contribution in [0.5, 0.6) is 0 Å². The average molecular weight is 290 g/mol. The van der Waals surface area contributed by atoms with Gasteiger partial charge in [0.05, 0.1) is 19.1 Å². The summed E-state index contributed by atoms with van der Waals surface area (Å²) in [6.45, 7) is 2.01. The van der Waals surface area contributed by atoms with Gasteiger partial charge in [-0.1, -0.05) is 0 Å². The molecule has 0 unspecified atom stereocenters. The first-order valence-electron chi connectivity index (χ1n) is 6.10. The van der Waals surface area contributed by atoms with Gasteiger partial charge in [-0.15, -0.1) is 0 Å². The van der Waals surface area contributed by atoms with E-state index in [0.29, 0.717) is 19.7 Å². The molecule has 0 aliphatic rings. The summed E-state index contributed by atoms with van der Waals surface area (Å²) in [6.07, 6.45) is 3.45. The molecule has 0 saturated heterocycles. The van der Waals surface area contributed by atoms with Crippen LogP contribution in [-0.2, 0) is 14.8 Å². The highest BCUT2D eigenvalue weighted by atomic mass is 32.2. The molecule has 0 spiro atoms. The number of nitrogens with zero attached hydrogens (tertiary/aromatic N) is 3. The van der Waals surface area contributed by atoms with Gasteiger partial charge in [-0.3, -0.25) is 0 Å². The molecule has 0 aromatic carbocycles. The van der Waals surface area contributed by atoms with Crippen molar-refractivity contribution in [3.8, 4) is 0 Å². The van der Waals surface area contributed by atoms with Crippen molar-refractivity contribution in [2.75, 3.05) is 47.4 Å². The Labute approximate surface area is 114 Å². The van der Waals surface area contributed by atoms with E-state index < -0.39 is 10.0 Å². The topological polar surface area (TPSA) is 78.5 Å². The lowest BCUT2D eigenvalue weighted by Crippen LogP contribution is -2.36. The van der Waals surface area contributed by atoms with Gasteiger partial charge in [0.1, 0.15) is 0 Å². The van der Waals surface area contributed by atoms with Gasteiger partial charge < -0.3 is 14.6 Å². The maximum absolute atomic E-state index is 12.4. The number of aromatic amines is 1. The SMILES string of the molecule is COCCN(CCCN(C)C)S(=O)(=O)c1cnc[nH]1. The van der Waals surface area contributed by atoms with E-state index in [1.165, 1.54) is 16.8 Å². The van der Waals surface area contributed by atoms with E-state index in [4.69, 9.17) is 4.74 Å². The van der Waals surface area contributed by atoms with Crippen LogP contribution in [0.15, 0.2) is 17.6 Å². The molecule has 110 valence electrons. The zero-order valence-corrected chi connectivity index (χ0v) is 12.5. The summed E-state index contributed by atoms with van der Waals surface area (Å²) >= 11 is 0. The predicted molar refractivity (Wildman–Crippen MR) is 72.4 cm³/mol. The second kappa shape index (κ2) is 7.59. The third kappa shape index (κ3) is 4.90. The van der Waals surface area contributed by atoms with Gasteiger partial charge in [0.2, 0.25) is 0 Å². The number of sulfonamides is 1. The summed E-state index contributed by atoms with van der Waals surface area (Å²) in [5.74, 6) is 0. The molecule has 1 N–H and O–H groups in total. The Morgan fingerprint density at radius 2 is 2.05 bits per heavy atom. The fraction of sp³-hybridized carbons (Fsp3) is 0.727. The van der Waals surface area contributed by atoms with E-state index in [0.717, 1.165) is 13.0 Å². The second-order valence-electron chi connectivity index (χ2n) is 4.47. The monoisotopic (exact) mass is 290 g/mol. The summed E-state index contributed by atoms with van der Waals surface area (Å²) < 4.78 is 31.1. The number of hydrogen-bond donors (Lipinski definition) is 1. The van der Waals surface area contributed by atoms with E-state index in [1.807, 2.05) is 19.0 Å². The molecule has 0 atom stereocenters. The lowest BCUT2D eigenvalue weighted by molar-refractivity contribution is 0.177. The Balaban J connectivity index is 2.72. The summed E-state index contributed by atoms with van der Waals surface area (Å²) in [7, 11) is 1.97. The number of ether oxygens (including phenoxy) is 1. The van der Waals surface area contributed by atoms with Crippen molar-refractivity contribution in [3.63, 3.8) is 0 Å². The van der Waals surface area contributed by atoms with Gasteiger partial charge in [-0.25, -0.2) is 13.4 Å². The molecule has 0 aliphatic heterocycles. The zero-order chi connectivity index (χ0) is 14.3. The quantitative estimate of drug-likeness (QED) is 0.692. The fourth-order valence-corrected chi connectivity index (χ4v) is 2.99. The number of nitrogens with one attached hydrogen (secondary N) is 1. The van der Waals surface area contributed by atoms with E-state index in [2.05, 4.69) is 9.97 Å². The largest absolute Gasteiger partial charge is 0.383 e. The highest BCUT2D eigenvalue weighted by Gasteiger charge is 2.25. The third-order valence-electron chi connectivity index (χ3n) is 2.65. The van der Waals surface area contributed by atoms with E-state index in [1.54, 1.807) is 7.11 Å². The number of H-pyrrole nitrogens is 1. The van der Waals surface area contributed by atoms with Crippen LogP contribution < -0.4 is 0 Å². The molecule has 1 rings (SSSR count). The number of rotatable bonds is 9. The van der Waals surface area contributed by atoms with Crippen molar-refractivity contribution in [3.05, 3.63) is 12.5 Å². The summed E-state index contributed by atoms with van der Waals surface area (Å²) in [5, 5.41) is 0.119. The molecule has 1 aromatic rings. The molecule has 19 heavy (non-hydrogen) atoms. The molecule has 0 amide bonds. The van der Waals surface area contributed by atoms with Crippen LogP contribution in [0.3, 0.4) is 0 Å². The third-order valence-corrected chi connectivity index (χ3v) is 4.47. The molecular weight excluding hydrogens is 268 g/mol. The minimum atomic E-state index is -3.51. The average Bonchev–Trinajstić information content (AvgIpc) is 2.87.